The van der Waals surface area contributed by atoms with E-state index in [-0.39, 0.29) is 17.3 Å². The average molecular weight is 209 g/mol. The first-order valence-electron chi connectivity index (χ1n) is 5.27. The number of H-pyrrole nitrogens is 1. The third-order valence-electron chi connectivity index (χ3n) is 2.90. The van der Waals surface area contributed by atoms with Gasteiger partial charge < -0.3 is 5.73 Å². The molecule has 0 amide bonds. The highest BCUT2D eigenvalue weighted by molar-refractivity contribution is 5.05. The Labute approximate surface area is 86.9 Å². The summed E-state index contributed by atoms with van der Waals surface area (Å²) in [7, 11) is 0. The Balaban J connectivity index is 2.48. The SMILES string of the molecule is NCCc1cc(=O)[nH]c(=O)n1C1CCC1. The van der Waals surface area contributed by atoms with Crippen molar-refractivity contribution in [1.29, 1.82) is 0 Å². The van der Waals surface area contributed by atoms with Crippen molar-refractivity contribution in [2.24, 2.45) is 5.73 Å². The summed E-state index contributed by atoms with van der Waals surface area (Å²) < 4.78 is 1.69. The van der Waals surface area contributed by atoms with Crippen LogP contribution in [-0.4, -0.2) is 16.1 Å². The molecule has 5 heteroatoms. The first-order valence-corrected chi connectivity index (χ1v) is 5.27. The minimum Gasteiger partial charge on any atom is -0.330 e. The monoisotopic (exact) mass is 209 g/mol. The second kappa shape index (κ2) is 4.02. The van der Waals surface area contributed by atoms with E-state index in [0.717, 1.165) is 25.0 Å². The van der Waals surface area contributed by atoms with E-state index < -0.39 is 0 Å². The lowest BCUT2D eigenvalue weighted by atomic mass is 9.92. The zero-order chi connectivity index (χ0) is 10.8. The molecule has 0 spiro atoms. The number of nitrogens with one attached hydrogen (secondary N) is 1. The Morgan fingerprint density at radius 3 is 2.73 bits per heavy atom. The number of rotatable bonds is 3. The van der Waals surface area contributed by atoms with Crippen molar-refractivity contribution in [3.8, 4) is 0 Å². The zero-order valence-corrected chi connectivity index (χ0v) is 8.53. The lowest BCUT2D eigenvalue weighted by Gasteiger charge is -2.29. The van der Waals surface area contributed by atoms with Crippen LogP contribution in [0.15, 0.2) is 15.7 Å². The first-order chi connectivity index (χ1) is 7.22. The predicted octanol–water partition coefficient (Wildman–Crippen LogP) is -0.237. The van der Waals surface area contributed by atoms with Crippen LogP contribution >= 0.6 is 0 Å². The van der Waals surface area contributed by atoms with E-state index in [1.165, 1.54) is 6.07 Å². The standard InChI is InChI=1S/C10H15N3O2/c11-5-4-8-6-9(14)12-10(15)13(8)7-2-1-3-7/h6-7H,1-5,11H2,(H,12,14,15). The molecule has 0 bridgehead atoms. The van der Waals surface area contributed by atoms with Gasteiger partial charge in [-0.25, -0.2) is 4.79 Å². The van der Waals surface area contributed by atoms with Crippen LogP contribution in [0, 0.1) is 0 Å². The van der Waals surface area contributed by atoms with Gasteiger partial charge in [0.05, 0.1) is 0 Å². The molecule has 1 saturated carbocycles. The van der Waals surface area contributed by atoms with Crippen LogP contribution in [0.5, 0.6) is 0 Å². The fourth-order valence-electron chi connectivity index (χ4n) is 1.94. The van der Waals surface area contributed by atoms with Crippen LogP contribution in [0.25, 0.3) is 0 Å². The lowest BCUT2D eigenvalue weighted by molar-refractivity contribution is 0.295. The van der Waals surface area contributed by atoms with Crippen molar-refractivity contribution in [3.05, 3.63) is 32.6 Å². The molecule has 1 aliphatic carbocycles. The predicted molar refractivity (Wildman–Crippen MR) is 57.0 cm³/mol. The number of hydrogen-bond acceptors (Lipinski definition) is 3. The molecule has 0 saturated heterocycles. The van der Waals surface area contributed by atoms with E-state index in [2.05, 4.69) is 4.98 Å². The highest BCUT2D eigenvalue weighted by Gasteiger charge is 2.22. The quantitative estimate of drug-likeness (QED) is 0.721. The molecule has 3 N–H and O–H groups in total. The maximum absolute atomic E-state index is 11.6. The van der Waals surface area contributed by atoms with Crippen molar-refractivity contribution in [1.82, 2.24) is 9.55 Å². The minimum absolute atomic E-state index is 0.260. The second-order valence-corrected chi connectivity index (χ2v) is 3.92. The summed E-state index contributed by atoms with van der Waals surface area (Å²) in [5, 5.41) is 0. The molecular weight excluding hydrogens is 194 g/mol. The summed E-state index contributed by atoms with van der Waals surface area (Å²) in [6, 6.07) is 1.74. The van der Waals surface area contributed by atoms with Gasteiger partial charge >= 0.3 is 5.69 Å². The molecule has 0 unspecified atom stereocenters. The normalized spacial score (nSPS) is 16.3. The van der Waals surface area contributed by atoms with E-state index in [4.69, 9.17) is 5.73 Å². The summed E-state index contributed by atoms with van der Waals surface area (Å²) in [6.45, 7) is 0.454. The summed E-state index contributed by atoms with van der Waals surface area (Å²) in [6.07, 6.45) is 3.76. The maximum Gasteiger partial charge on any atom is 0.328 e. The van der Waals surface area contributed by atoms with Crippen LogP contribution in [0.3, 0.4) is 0 Å². The van der Waals surface area contributed by atoms with Crippen LogP contribution < -0.4 is 17.0 Å². The van der Waals surface area contributed by atoms with Crippen molar-refractivity contribution < 1.29 is 0 Å². The second-order valence-electron chi connectivity index (χ2n) is 3.92. The molecule has 15 heavy (non-hydrogen) atoms. The van der Waals surface area contributed by atoms with Crippen LogP contribution in [-0.2, 0) is 6.42 Å². The molecule has 1 aliphatic rings. The Hall–Kier alpha value is -1.36. The van der Waals surface area contributed by atoms with Gasteiger partial charge in [-0.1, -0.05) is 0 Å². The van der Waals surface area contributed by atoms with Gasteiger partial charge in [0.15, 0.2) is 0 Å². The third kappa shape index (κ3) is 1.87. The lowest BCUT2D eigenvalue weighted by Crippen LogP contribution is -2.37. The summed E-state index contributed by atoms with van der Waals surface area (Å²) >= 11 is 0. The number of nitrogens with two attached hydrogens (primary N) is 1. The molecule has 1 fully saturated rings. The van der Waals surface area contributed by atoms with Gasteiger partial charge in [-0.2, -0.15) is 0 Å². The molecule has 1 aromatic heterocycles. The molecule has 0 atom stereocenters. The van der Waals surface area contributed by atoms with Gasteiger partial charge in [-0.15, -0.1) is 0 Å². The molecule has 1 aromatic rings. The smallest absolute Gasteiger partial charge is 0.328 e. The molecule has 5 nitrogen and oxygen atoms in total. The highest BCUT2D eigenvalue weighted by atomic mass is 16.2. The number of hydrogen-bond donors (Lipinski definition) is 2. The molecule has 0 radical (unpaired) electrons. The number of aromatic nitrogens is 2. The van der Waals surface area contributed by atoms with E-state index in [0.29, 0.717) is 13.0 Å². The van der Waals surface area contributed by atoms with Crippen LogP contribution in [0.4, 0.5) is 0 Å². The third-order valence-corrected chi connectivity index (χ3v) is 2.90. The van der Waals surface area contributed by atoms with Crippen LogP contribution in [0.1, 0.15) is 31.0 Å². The van der Waals surface area contributed by atoms with E-state index >= 15 is 0 Å². The maximum atomic E-state index is 11.6. The van der Waals surface area contributed by atoms with Gasteiger partial charge in [0, 0.05) is 24.2 Å². The summed E-state index contributed by atoms with van der Waals surface area (Å²) in [5.41, 5.74) is 5.59. The van der Waals surface area contributed by atoms with Gasteiger partial charge in [0.25, 0.3) is 5.56 Å². The van der Waals surface area contributed by atoms with Gasteiger partial charge in [-0.05, 0) is 25.8 Å². The van der Waals surface area contributed by atoms with Crippen molar-refractivity contribution in [3.63, 3.8) is 0 Å². The minimum atomic E-state index is -0.334. The Bertz CT molecular complexity index is 456. The zero-order valence-electron chi connectivity index (χ0n) is 8.53. The molecular formula is C10H15N3O2. The van der Waals surface area contributed by atoms with Gasteiger partial charge in [0.1, 0.15) is 0 Å². The van der Waals surface area contributed by atoms with E-state index in [1.807, 2.05) is 0 Å². The van der Waals surface area contributed by atoms with Gasteiger partial charge in [0.2, 0.25) is 0 Å². The summed E-state index contributed by atoms with van der Waals surface area (Å²) in [4.78, 5) is 25.1. The van der Waals surface area contributed by atoms with E-state index in [1.54, 1.807) is 4.57 Å². The largest absolute Gasteiger partial charge is 0.330 e. The average Bonchev–Trinajstić information content (AvgIpc) is 2.08. The van der Waals surface area contributed by atoms with E-state index in [9.17, 15) is 9.59 Å². The fraction of sp³-hybridized carbons (Fsp3) is 0.600. The molecule has 0 aliphatic heterocycles. The Morgan fingerprint density at radius 2 is 2.20 bits per heavy atom. The van der Waals surface area contributed by atoms with Crippen molar-refractivity contribution in [2.45, 2.75) is 31.7 Å². The topological polar surface area (TPSA) is 80.9 Å². The van der Waals surface area contributed by atoms with Crippen LogP contribution in [0.2, 0.25) is 0 Å². The molecule has 0 aromatic carbocycles. The van der Waals surface area contributed by atoms with Gasteiger partial charge in [-0.3, -0.25) is 14.3 Å². The van der Waals surface area contributed by atoms with Crippen molar-refractivity contribution in [2.75, 3.05) is 6.54 Å². The number of aromatic amines is 1. The highest BCUT2D eigenvalue weighted by Crippen LogP contribution is 2.30. The molecule has 2 rings (SSSR count). The van der Waals surface area contributed by atoms with Crippen molar-refractivity contribution >= 4 is 0 Å². The Kier molecular flexibility index (Phi) is 2.73. The molecule has 82 valence electrons. The summed E-state index contributed by atoms with van der Waals surface area (Å²) in [5.74, 6) is 0. The Morgan fingerprint density at radius 1 is 1.47 bits per heavy atom. The number of nitrogens with zero attached hydrogens (tertiary/aromatic N) is 1. The fourth-order valence-corrected chi connectivity index (χ4v) is 1.94. The molecule has 1 heterocycles. The first kappa shape index (κ1) is 10.2.